The lowest BCUT2D eigenvalue weighted by Crippen LogP contribution is -1.87. The molecule has 0 atom stereocenters. The van der Waals surface area contributed by atoms with E-state index in [0.717, 1.165) is 16.5 Å². The Balaban J connectivity index is 1.55. The Bertz CT molecular complexity index is 1010. The van der Waals surface area contributed by atoms with Crippen LogP contribution in [-0.2, 0) is 5.75 Å². The van der Waals surface area contributed by atoms with E-state index >= 15 is 0 Å². The van der Waals surface area contributed by atoms with E-state index < -0.39 is 0 Å². The van der Waals surface area contributed by atoms with E-state index in [2.05, 4.69) is 31.1 Å². The van der Waals surface area contributed by atoms with Gasteiger partial charge in [0.25, 0.3) is 11.1 Å². The Morgan fingerprint density at radius 2 is 2.04 bits per heavy atom. The Hall–Kier alpha value is -2.12. The van der Waals surface area contributed by atoms with Gasteiger partial charge in [0.05, 0.1) is 5.56 Å². The van der Waals surface area contributed by atoms with Crippen LogP contribution in [0, 0.1) is 5.82 Å². The van der Waals surface area contributed by atoms with E-state index in [0.29, 0.717) is 26.9 Å². The SMILES string of the molecule is Fc1cc(Br)ccc1CSc1nnc(-c2c[nH]c3ccccc23)o1. The highest BCUT2D eigenvalue weighted by atomic mass is 79.9. The fourth-order valence-corrected chi connectivity index (χ4v) is 3.49. The number of nitrogens with one attached hydrogen (secondary N) is 1. The monoisotopic (exact) mass is 403 g/mol. The number of para-hydroxylation sites is 1. The number of fused-ring (bicyclic) bond motifs is 1. The van der Waals surface area contributed by atoms with Crippen LogP contribution in [0.1, 0.15) is 5.56 Å². The third kappa shape index (κ3) is 2.97. The van der Waals surface area contributed by atoms with E-state index in [1.165, 1.54) is 17.8 Å². The van der Waals surface area contributed by atoms with Crippen molar-refractivity contribution in [1.29, 1.82) is 0 Å². The normalized spacial score (nSPS) is 11.2. The molecule has 0 saturated carbocycles. The van der Waals surface area contributed by atoms with Crippen LogP contribution in [0.3, 0.4) is 0 Å². The predicted octanol–water partition coefficient (Wildman–Crippen LogP) is 5.41. The number of aromatic amines is 1. The van der Waals surface area contributed by atoms with E-state index in [-0.39, 0.29) is 5.82 Å². The summed E-state index contributed by atoms with van der Waals surface area (Å²) in [7, 11) is 0. The minimum Gasteiger partial charge on any atom is -0.411 e. The molecule has 0 unspecified atom stereocenters. The zero-order chi connectivity index (χ0) is 16.5. The van der Waals surface area contributed by atoms with Crippen LogP contribution >= 0.6 is 27.7 Å². The molecule has 0 spiro atoms. The van der Waals surface area contributed by atoms with E-state index in [1.54, 1.807) is 6.07 Å². The maximum absolute atomic E-state index is 13.8. The molecular formula is C17H11BrFN3OS. The molecular weight excluding hydrogens is 393 g/mol. The zero-order valence-electron chi connectivity index (χ0n) is 12.3. The number of halogens is 2. The molecule has 0 aliphatic rings. The second-order valence-electron chi connectivity index (χ2n) is 5.15. The van der Waals surface area contributed by atoms with Crippen molar-refractivity contribution in [3.8, 4) is 11.5 Å². The zero-order valence-corrected chi connectivity index (χ0v) is 14.7. The number of rotatable bonds is 4. The van der Waals surface area contributed by atoms with Gasteiger partial charge in [0.1, 0.15) is 5.82 Å². The Morgan fingerprint density at radius 1 is 1.17 bits per heavy atom. The van der Waals surface area contributed by atoms with Gasteiger partial charge in [-0.3, -0.25) is 0 Å². The Kier molecular flexibility index (Phi) is 4.12. The van der Waals surface area contributed by atoms with Gasteiger partial charge in [-0.05, 0) is 23.8 Å². The van der Waals surface area contributed by atoms with Crippen molar-refractivity contribution < 1.29 is 8.81 Å². The molecule has 0 aliphatic heterocycles. The lowest BCUT2D eigenvalue weighted by atomic mass is 10.2. The molecule has 120 valence electrons. The van der Waals surface area contributed by atoms with Gasteiger partial charge in [-0.25, -0.2) is 4.39 Å². The van der Waals surface area contributed by atoms with Gasteiger partial charge in [0, 0.05) is 27.3 Å². The molecule has 7 heteroatoms. The van der Waals surface area contributed by atoms with Crippen LogP contribution in [0.15, 0.2) is 62.8 Å². The number of nitrogens with zero attached hydrogens (tertiary/aromatic N) is 2. The number of benzene rings is 2. The summed E-state index contributed by atoms with van der Waals surface area (Å²) in [5, 5.41) is 9.58. The summed E-state index contributed by atoms with van der Waals surface area (Å²) < 4.78 is 20.3. The first-order valence-electron chi connectivity index (χ1n) is 7.17. The van der Waals surface area contributed by atoms with E-state index in [1.807, 2.05) is 36.5 Å². The van der Waals surface area contributed by atoms with Crippen LogP contribution in [0.2, 0.25) is 0 Å². The van der Waals surface area contributed by atoms with Crippen LogP contribution in [0.5, 0.6) is 0 Å². The molecule has 2 aromatic carbocycles. The summed E-state index contributed by atoms with van der Waals surface area (Å²) in [4.78, 5) is 3.18. The second-order valence-corrected chi connectivity index (χ2v) is 6.99. The lowest BCUT2D eigenvalue weighted by Gasteiger charge is -2.01. The summed E-state index contributed by atoms with van der Waals surface area (Å²) in [6, 6.07) is 12.9. The summed E-state index contributed by atoms with van der Waals surface area (Å²) in [5.41, 5.74) is 2.46. The van der Waals surface area contributed by atoms with Crippen molar-refractivity contribution in [3.05, 3.63) is 64.5 Å². The predicted molar refractivity (Wildman–Crippen MR) is 95.3 cm³/mol. The largest absolute Gasteiger partial charge is 0.411 e. The van der Waals surface area contributed by atoms with Gasteiger partial charge in [-0.2, -0.15) is 0 Å². The summed E-state index contributed by atoms with van der Waals surface area (Å²) >= 11 is 4.56. The molecule has 0 bridgehead atoms. The molecule has 0 radical (unpaired) electrons. The molecule has 0 saturated heterocycles. The maximum atomic E-state index is 13.8. The standard InChI is InChI=1S/C17H11BrFN3OS/c18-11-6-5-10(14(19)7-11)9-24-17-22-21-16(23-17)13-8-20-15-4-2-1-3-12(13)15/h1-8,20H,9H2. The molecule has 0 fully saturated rings. The second kappa shape index (κ2) is 6.41. The fraction of sp³-hybridized carbons (Fsp3) is 0.0588. The first-order valence-corrected chi connectivity index (χ1v) is 8.95. The first-order chi connectivity index (χ1) is 11.7. The highest BCUT2D eigenvalue weighted by molar-refractivity contribution is 9.10. The average molecular weight is 404 g/mol. The van der Waals surface area contributed by atoms with Crippen molar-refractivity contribution in [2.45, 2.75) is 11.0 Å². The minimum absolute atomic E-state index is 0.256. The van der Waals surface area contributed by atoms with Crippen LogP contribution in [0.25, 0.3) is 22.4 Å². The van der Waals surface area contributed by atoms with Crippen LogP contribution in [0.4, 0.5) is 4.39 Å². The van der Waals surface area contributed by atoms with Crippen molar-refractivity contribution >= 4 is 38.6 Å². The topological polar surface area (TPSA) is 54.7 Å². The summed E-state index contributed by atoms with van der Waals surface area (Å²) in [6.07, 6.45) is 1.85. The third-order valence-electron chi connectivity index (χ3n) is 3.59. The van der Waals surface area contributed by atoms with Crippen LogP contribution in [-0.4, -0.2) is 15.2 Å². The van der Waals surface area contributed by atoms with Gasteiger partial charge in [-0.15, -0.1) is 10.2 Å². The lowest BCUT2D eigenvalue weighted by molar-refractivity contribution is 0.466. The highest BCUT2D eigenvalue weighted by Gasteiger charge is 2.14. The van der Waals surface area contributed by atoms with Gasteiger partial charge < -0.3 is 9.40 Å². The molecule has 2 heterocycles. The van der Waals surface area contributed by atoms with E-state index in [4.69, 9.17) is 4.42 Å². The maximum Gasteiger partial charge on any atom is 0.277 e. The van der Waals surface area contributed by atoms with Crippen molar-refractivity contribution in [1.82, 2.24) is 15.2 Å². The quantitative estimate of drug-likeness (QED) is 0.462. The molecule has 2 aromatic heterocycles. The average Bonchev–Trinajstić information content (AvgIpc) is 3.20. The number of H-pyrrole nitrogens is 1. The molecule has 0 amide bonds. The number of aromatic nitrogens is 3. The van der Waals surface area contributed by atoms with Crippen molar-refractivity contribution in [2.75, 3.05) is 0 Å². The molecule has 4 rings (SSSR count). The van der Waals surface area contributed by atoms with Gasteiger partial charge in [0.15, 0.2) is 0 Å². The Morgan fingerprint density at radius 3 is 2.92 bits per heavy atom. The summed E-state index contributed by atoms with van der Waals surface area (Å²) in [6.45, 7) is 0. The molecule has 0 aliphatic carbocycles. The number of thioether (sulfide) groups is 1. The first kappa shape index (κ1) is 15.4. The fourth-order valence-electron chi connectivity index (χ4n) is 2.40. The van der Waals surface area contributed by atoms with Crippen molar-refractivity contribution in [2.24, 2.45) is 0 Å². The van der Waals surface area contributed by atoms with E-state index in [9.17, 15) is 4.39 Å². The number of hydrogen-bond acceptors (Lipinski definition) is 4. The third-order valence-corrected chi connectivity index (χ3v) is 4.95. The smallest absolute Gasteiger partial charge is 0.277 e. The Labute approximate surface area is 149 Å². The molecule has 4 aromatic rings. The van der Waals surface area contributed by atoms with Crippen LogP contribution < -0.4 is 0 Å². The van der Waals surface area contributed by atoms with Gasteiger partial charge in [-0.1, -0.05) is 52.0 Å². The molecule has 24 heavy (non-hydrogen) atoms. The summed E-state index contributed by atoms with van der Waals surface area (Å²) in [5.74, 6) is 0.619. The number of hydrogen-bond donors (Lipinski definition) is 1. The minimum atomic E-state index is -0.256. The molecule has 1 N–H and O–H groups in total. The van der Waals surface area contributed by atoms with Gasteiger partial charge in [0.2, 0.25) is 0 Å². The van der Waals surface area contributed by atoms with Gasteiger partial charge >= 0.3 is 0 Å². The van der Waals surface area contributed by atoms with Crippen molar-refractivity contribution in [3.63, 3.8) is 0 Å². The highest BCUT2D eigenvalue weighted by Crippen LogP contribution is 2.31. The molecule has 4 nitrogen and oxygen atoms in total.